The van der Waals surface area contributed by atoms with Gasteiger partial charge in [-0.3, -0.25) is 0 Å². The first kappa shape index (κ1) is 28.9. The van der Waals surface area contributed by atoms with Crippen LogP contribution in [0.4, 0.5) is 0 Å². The van der Waals surface area contributed by atoms with Gasteiger partial charge in [-0.1, -0.05) is 158 Å². The smallest absolute Gasteiger partial charge is 0.146 e. The van der Waals surface area contributed by atoms with Crippen molar-refractivity contribution in [3.8, 4) is 44.5 Å². The molecular weight excluding hydrogens is 633 g/mol. The van der Waals surface area contributed by atoms with Gasteiger partial charge in [-0.25, -0.2) is 0 Å². The molecule has 52 heavy (non-hydrogen) atoms. The maximum absolute atomic E-state index is 6.64. The Hall–Kier alpha value is -6.90. The molecule has 0 N–H and O–H groups in total. The molecule has 0 bridgehead atoms. The van der Waals surface area contributed by atoms with Gasteiger partial charge in [0.15, 0.2) is 0 Å². The van der Waals surface area contributed by atoms with Gasteiger partial charge in [-0.15, -0.1) is 0 Å². The SMILES string of the molecule is c1ccc(-c2c3ccccc3c(-c3ccc(-c4cccc5c4oc4ccc6c(-c7ccc8ccccc8c7)coc6c45)cc3)c3ccccc23)cc1. The van der Waals surface area contributed by atoms with Crippen LogP contribution in [0, 0.1) is 0 Å². The summed E-state index contributed by atoms with van der Waals surface area (Å²) in [6.45, 7) is 0. The highest BCUT2D eigenvalue weighted by atomic mass is 16.3. The highest BCUT2D eigenvalue weighted by molar-refractivity contribution is 6.22. The van der Waals surface area contributed by atoms with Crippen LogP contribution in [0.3, 0.4) is 0 Å². The van der Waals surface area contributed by atoms with E-state index in [4.69, 9.17) is 8.83 Å². The number of rotatable bonds is 4. The van der Waals surface area contributed by atoms with Gasteiger partial charge in [-0.05, 0) is 83.9 Å². The maximum atomic E-state index is 6.64. The number of hydrogen-bond acceptors (Lipinski definition) is 2. The molecule has 0 fully saturated rings. The van der Waals surface area contributed by atoms with E-state index in [9.17, 15) is 0 Å². The number of para-hydroxylation sites is 1. The van der Waals surface area contributed by atoms with Crippen molar-refractivity contribution in [1.29, 1.82) is 0 Å². The zero-order chi connectivity index (χ0) is 34.2. The molecule has 242 valence electrons. The van der Waals surface area contributed by atoms with Crippen molar-refractivity contribution in [3.63, 3.8) is 0 Å². The van der Waals surface area contributed by atoms with Crippen LogP contribution in [0.15, 0.2) is 191 Å². The largest absolute Gasteiger partial charge is 0.463 e. The fourth-order valence-electron chi connectivity index (χ4n) is 8.35. The summed E-state index contributed by atoms with van der Waals surface area (Å²) in [5, 5.41) is 10.6. The van der Waals surface area contributed by atoms with Gasteiger partial charge in [-0.2, -0.15) is 0 Å². The molecule has 0 aliphatic heterocycles. The van der Waals surface area contributed by atoms with Crippen molar-refractivity contribution in [2.24, 2.45) is 0 Å². The first-order valence-electron chi connectivity index (χ1n) is 17.7. The predicted octanol–water partition coefficient (Wildman–Crippen LogP) is 14.5. The third-order valence-electron chi connectivity index (χ3n) is 10.7. The van der Waals surface area contributed by atoms with E-state index >= 15 is 0 Å². The lowest BCUT2D eigenvalue weighted by atomic mass is 9.85. The molecule has 0 amide bonds. The summed E-state index contributed by atoms with van der Waals surface area (Å²) in [5.41, 5.74) is 11.9. The van der Waals surface area contributed by atoms with Gasteiger partial charge in [0.05, 0.1) is 11.6 Å². The van der Waals surface area contributed by atoms with Crippen molar-refractivity contribution >= 4 is 65.2 Å². The lowest BCUT2D eigenvalue weighted by Crippen LogP contribution is -1.90. The standard InChI is InChI=1S/C50H30O2/c1-2-12-33(13-3-1)46-38-15-6-8-17-40(38)47(41-18-9-7-16-39(41)46)34-24-22-32(23-25-34)37-19-10-20-43-48-45(52-49(37)43)28-27-42-44(30-51-50(42)48)36-26-21-31-11-4-5-14-35(31)29-36/h1-30H. The monoisotopic (exact) mass is 662 g/mol. The first-order chi connectivity index (χ1) is 25.8. The Balaban J connectivity index is 1.05. The van der Waals surface area contributed by atoms with E-state index in [2.05, 4.69) is 176 Å². The molecule has 2 nitrogen and oxygen atoms in total. The second kappa shape index (κ2) is 11.3. The number of benzene rings is 9. The first-order valence-corrected chi connectivity index (χ1v) is 17.7. The average molecular weight is 663 g/mol. The highest BCUT2D eigenvalue weighted by Crippen LogP contribution is 2.45. The normalized spacial score (nSPS) is 11.8. The van der Waals surface area contributed by atoms with E-state index in [-0.39, 0.29) is 0 Å². The van der Waals surface area contributed by atoms with Crippen LogP contribution in [0.5, 0.6) is 0 Å². The Morgan fingerprint density at radius 3 is 1.62 bits per heavy atom. The average Bonchev–Trinajstić information content (AvgIpc) is 3.82. The lowest BCUT2D eigenvalue weighted by Gasteiger charge is -2.18. The summed E-state index contributed by atoms with van der Waals surface area (Å²) in [4.78, 5) is 0. The quantitative estimate of drug-likeness (QED) is 0.175. The van der Waals surface area contributed by atoms with Gasteiger partial charge < -0.3 is 8.83 Å². The molecule has 2 heterocycles. The molecule has 0 saturated heterocycles. The third kappa shape index (κ3) is 4.31. The van der Waals surface area contributed by atoms with Crippen LogP contribution in [-0.4, -0.2) is 0 Å². The molecule has 0 saturated carbocycles. The second-order valence-corrected chi connectivity index (χ2v) is 13.6. The van der Waals surface area contributed by atoms with Crippen molar-refractivity contribution in [3.05, 3.63) is 182 Å². The highest BCUT2D eigenvalue weighted by Gasteiger charge is 2.20. The lowest BCUT2D eigenvalue weighted by molar-refractivity contribution is 0.619. The molecule has 2 heteroatoms. The molecule has 0 unspecified atom stereocenters. The Morgan fingerprint density at radius 1 is 0.327 bits per heavy atom. The maximum Gasteiger partial charge on any atom is 0.146 e. The Kier molecular flexibility index (Phi) is 6.28. The third-order valence-corrected chi connectivity index (χ3v) is 10.7. The minimum Gasteiger partial charge on any atom is -0.463 e. The van der Waals surface area contributed by atoms with E-state index in [1.54, 1.807) is 0 Å². The summed E-state index contributed by atoms with van der Waals surface area (Å²) in [6.07, 6.45) is 1.88. The molecule has 0 aliphatic carbocycles. The van der Waals surface area contributed by atoms with E-state index in [1.165, 1.54) is 54.6 Å². The van der Waals surface area contributed by atoms with Crippen LogP contribution in [0.25, 0.3) is 110 Å². The summed E-state index contributed by atoms with van der Waals surface area (Å²) >= 11 is 0. The van der Waals surface area contributed by atoms with Crippen LogP contribution in [-0.2, 0) is 0 Å². The summed E-state index contributed by atoms with van der Waals surface area (Å²) in [7, 11) is 0. The Morgan fingerprint density at radius 2 is 0.904 bits per heavy atom. The number of hydrogen-bond donors (Lipinski definition) is 0. The minimum atomic E-state index is 0.822. The fourth-order valence-corrected chi connectivity index (χ4v) is 8.35. The molecule has 11 aromatic rings. The molecule has 11 rings (SSSR count). The van der Waals surface area contributed by atoms with Crippen molar-refractivity contribution in [2.45, 2.75) is 0 Å². The number of fused-ring (bicyclic) bond motifs is 8. The summed E-state index contributed by atoms with van der Waals surface area (Å²) < 4.78 is 13.0. The van der Waals surface area contributed by atoms with E-state index in [0.29, 0.717) is 0 Å². The van der Waals surface area contributed by atoms with Crippen LogP contribution < -0.4 is 0 Å². The van der Waals surface area contributed by atoms with Gasteiger partial charge in [0.1, 0.15) is 16.7 Å². The molecule has 2 aromatic heterocycles. The van der Waals surface area contributed by atoms with Gasteiger partial charge in [0.25, 0.3) is 0 Å². The topological polar surface area (TPSA) is 26.3 Å². The van der Waals surface area contributed by atoms with Crippen LogP contribution in [0.2, 0.25) is 0 Å². The summed E-state index contributed by atoms with van der Waals surface area (Å²) in [6, 6.07) is 63.0. The molecule has 0 atom stereocenters. The minimum absolute atomic E-state index is 0.822. The molecule has 0 spiro atoms. The molecule has 0 radical (unpaired) electrons. The van der Waals surface area contributed by atoms with Crippen LogP contribution in [0.1, 0.15) is 0 Å². The van der Waals surface area contributed by atoms with Crippen molar-refractivity contribution < 1.29 is 8.83 Å². The zero-order valence-electron chi connectivity index (χ0n) is 28.1. The van der Waals surface area contributed by atoms with E-state index < -0.39 is 0 Å². The summed E-state index contributed by atoms with van der Waals surface area (Å²) in [5.74, 6) is 0. The van der Waals surface area contributed by atoms with Gasteiger partial charge in [0.2, 0.25) is 0 Å². The Labute approximate surface area is 299 Å². The number of furan rings is 2. The molecular formula is C50H30O2. The zero-order valence-corrected chi connectivity index (χ0v) is 28.1. The second-order valence-electron chi connectivity index (χ2n) is 13.6. The van der Waals surface area contributed by atoms with E-state index in [1.807, 2.05) is 6.26 Å². The predicted molar refractivity (Wildman–Crippen MR) is 218 cm³/mol. The van der Waals surface area contributed by atoms with Gasteiger partial charge in [0, 0.05) is 21.9 Å². The van der Waals surface area contributed by atoms with E-state index in [0.717, 1.165) is 55.2 Å². The van der Waals surface area contributed by atoms with Gasteiger partial charge >= 0.3 is 0 Å². The van der Waals surface area contributed by atoms with Crippen LogP contribution >= 0.6 is 0 Å². The molecule has 9 aromatic carbocycles. The molecule has 0 aliphatic rings. The van der Waals surface area contributed by atoms with Crippen molar-refractivity contribution in [1.82, 2.24) is 0 Å². The fraction of sp³-hybridized carbons (Fsp3) is 0. The van der Waals surface area contributed by atoms with Crippen molar-refractivity contribution in [2.75, 3.05) is 0 Å². The Bertz CT molecular complexity index is 3100.